The fourth-order valence-electron chi connectivity index (χ4n) is 12.9. The van der Waals surface area contributed by atoms with Crippen LogP contribution in [-0.4, -0.2) is 19.5 Å². The fourth-order valence-corrected chi connectivity index (χ4v) is 14.0. The number of hydrogen-bond acceptors (Lipinski definition) is 7. The molecule has 0 unspecified atom stereocenters. The molecule has 0 amide bonds. The zero-order valence-electron chi connectivity index (χ0n) is 44.2. The smallest absolute Gasteiger partial charge is 0.164 e. The van der Waals surface area contributed by atoms with Gasteiger partial charge in [-0.3, -0.25) is 0 Å². The van der Waals surface area contributed by atoms with E-state index in [1.54, 1.807) is 0 Å². The minimum Gasteiger partial charge on any atom is -0.456 e. The fraction of sp³-hybridized carbons (Fsp3) is 0. The third-order valence-electron chi connectivity index (χ3n) is 16.7. The molecule has 18 rings (SSSR count). The number of benzene rings is 12. The summed E-state index contributed by atoms with van der Waals surface area (Å²) < 4.78 is 25.0. The lowest BCUT2D eigenvalue weighted by molar-refractivity contribution is 0.668. The van der Waals surface area contributed by atoms with Crippen molar-refractivity contribution in [1.29, 1.82) is 0 Å². The summed E-state index contributed by atoms with van der Waals surface area (Å²) in [4.78, 5) is 15.7. The maximum atomic E-state index is 6.75. The van der Waals surface area contributed by atoms with Crippen LogP contribution in [0.5, 0.6) is 0 Å². The molecule has 0 saturated heterocycles. The quantitative estimate of drug-likeness (QED) is 0.158. The molecule has 386 valence electrons. The Balaban J connectivity index is 0.750. The van der Waals surface area contributed by atoms with Crippen LogP contribution in [0.1, 0.15) is 0 Å². The molecule has 6 aromatic heterocycles. The third-order valence-corrected chi connectivity index (χ3v) is 17.8. The van der Waals surface area contributed by atoms with Crippen LogP contribution in [0.4, 0.5) is 0 Å². The maximum Gasteiger partial charge on any atom is 0.164 e. The van der Waals surface area contributed by atoms with E-state index in [1.807, 2.05) is 53.8 Å². The third kappa shape index (κ3) is 7.13. The molecule has 0 radical (unpaired) electrons. The monoisotopic (exact) mass is 1080 g/mol. The van der Waals surface area contributed by atoms with Gasteiger partial charge in [-0.2, -0.15) is 0 Å². The standard InChI is InChI=1S/C75H42N4O3S/c1-3-14-43(15-4-1)73-76-74(48-29-34-54-53-33-28-47(41-66(53)82-67(54)42-48)51-21-13-27-69-72(51)55-19-8-10-26-68(55)83-69)78-75(77-73)56-22-12-25-65-71(56)59-40-46(32-37-63(59)81-65)50-20-11-24-64-70(50)58-39-45(31-36-62(58)80-64)44-30-35-61-57(38-44)52-18-7-9-23-60(52)79(61)49-16-5-2-6-17-49/h1-42H. The Kier molecular flexibility index (Phi) is 9.83. The molecule has 6 heterocycles. The predicted molar refractivity (Wildman–Crippen MR) is 342 cm³/mol. The molecule has 0 aliphatic carbocycles. The van der Waals surface area contributed by atoms with E-state index < -0.39 is 0 Å². The average Bonchev–Trinajstić information content (AvgIpc) is 2.92. The summed E-state index contributed by atoms with van der Waals surface area (Å²) in [5.41, 5.74) is 17.4. The van der Waals surface area contributed by atoms with Crippen molar-refractivity contribution in [2.24, 2.45) is 0 Å². The van der Waals surface area contributed by atoms with Crippen LogP contribution in [0.15, 0.2) is 268 Å². The average molecular weight is 1080 g/mol. The second-order valence-electron chi connectivity index (χ2n) is 21.4. The summed E-state index contributed by atoms with van der Waals surface area (Å²) in [6, 6.07) is 89.7. The molecule has 0 aliphatic heterocycles. The van der Waals surface area contributed by atoms with Crippen molar-refractivity contribution < 1.29 is 13.3 Å². The summed E-state index contributed by atoms with van der Waals surface area (Å²) in [5, 5.41) is 11.0. The zero-order chi connectivity index (χ0) is 54.3. The molecule has 12 aromatic carbocycles. The number of thiophene rings is 1. The number of aromatic nitrogens is 4. The van der Waals surface area contributed by atoms with E-state index in [1.165, 1.54) is 47.5 Å². The van der Waals surface area contributed by atoms with Gasteiger partial charge < -0.3 is 17.8 Å². The van der Waals surface area contributed by atoms with Gasteiger partial charge >= 0.3 is 0 Å². The Morgan fingerprint density at radius 1 is 0.265 bits per heavy atom. The molecule has 0 atom stereocenters. The lowest BCUT2D eigenvalue weighted by Gasteiger charge is -2.09. The molecule has 0 saturated carbocycles. The number of fused-ring (bicyclic) bond motifs is 15. The number of para-hydroxylation sites is 2. The minimum atomic E-state index is 0.537. The summed E-state index contributed by atoms with van der Waals surface area (Å²) in [6.07, 6.45) is 0. The van der Waals surface area contributed by atoms with Crippen molar-refractivity contribution in [1.82, 2.24) is 19.5 Å². The van der Waals surface area contributed by atoms with Gasteiger partial charge in [0.2, 0.25) is 0 Å². The second-order valence-corrected chi connectivity index (χ2v) is 22.5. The Bertz CT molecular complexity index is 5710. The van der Waals surface area contributed by atoms with Crippen LogP contribution in [0.2, 0.25) is 0 Å². The number of rotatable bonds is 7. The van der Waals surface area contributed by atoms with Gasteiger partial charge in [-0.25, -0.2) is 15.0 Å². The van der Waals surface area contributed by atoms with E-state index >= 15 is 0 Å². The first-order valence-corrected chi connectivity index (χ1v) is 28.6. The first-order chi connectivity index (χ1) is 41.1. The second kappa shape index (κ2) is 17.8. The maximum absolute atomic E-state index is 6.75. The van der Waals surface area contributed by atoms with Crippen LogP contribution in [0, 0.1) is 0 Å². The van der Waals surface area contributed by atoms with Crippen LogP contribution in [0.25, 0.3) is 181 Å². The molecule has 0 N–H and O–H groups in total. The molecule has 0 spiro atoms. The normalized spacial score (nSPS) is 12.1. The number of hydrogen-bond donors (Lipinski definition) is 0. The molecule has 83 heavy (non-hydrogen) atoms. The minimum absolute atomic E-state index is 0.537. The summed E-state index contributed by atoms with van der Waals surface area (Å²) in [5.74, 6) is 1.64. The Labute approximate surface area is 477 Å². The summed E-state index contributed by atoms with van der Waals surface area (Å²) in [6.45, 7) is 0. The summed E-state index contributed by atoms with van der Waals surface area (Å²) in [7, 11) is 0. The number of furan rings is 3. The largest absolute Gasteiger partial charge is 0.456 e. The van der Waals surface area contributed by atoms with Crippen LogP contribution in [0.3, 0.4) is 0 Å². The van der Waals surface area contributed by atoms with Crippen molar-refractivity contribution in [2.45, 2.75) is 0 Å². The molecule has 0 bridgehead atoms. The molecule has 8 heteroatoms. The van der Waals surface area contributed by atoms with Gasteiger partial charge in [0, 0.05) is 85.6 Å². The van der Waals surface area contributed by atoms with Gasteiger partial charge in [0.05, 0.1) is 11.0 Å². The SMILES string of the molecule is c1ccc(-c2nc(-c3ccc4c(c3)oc3cc(-c5cccc6sc7ccccc7c56)ccc34)nc(-c3cccc4oc5ccc(-c6cccc7oc8ccc(-c9ccc%10c(c9)c9ccccc9n%10-c9ccccc9)cc8c67)cc5c34)n2)cc1. The van der Waals surface area contributed by atoms with E-state index in [0.717, 1.165) is 116 Å². The molecular weight excluding hydrogens is 1040 g/mol. The molecule has 18 aromatic rings. The van der Waals surface area contributed by atoms with Gasteiger partial charge in [-0.05, 0) is 137 Å². The van der Waals surface area contributed by atoms with Crippen molar-refractivity contribution in [2.75, 3.05) is 0 Å². The molecule has 0 aliphatic rings. The van der Waals surface area contributed by atoms with Crippen LogP contribution >= 0.6 is 11.3 Å². The van der Waals surface area contributed by atoms with Gasteiger partial charge in [-0.1, -0.05) is 152 Å². The van der Waals surface area contributed by atoms with Crippen molar-refractivity contribution >= 4 is 119 Å². The lowest BCUT2D eigenvalue weighted by atomic mass is 9.95. The van der Waals surface area contributed by atoms with E-state index in [9.17, 15) is 0 Å². The molecule has 0 fully saturated rings. The highest BCUT2D eigenvalue weighted by atomic mass is 32.1. The van der Waals surface area contributed by atoms with Crippen LogP contribution in [-0.2, 0) is 0 Å². The van der Waals surface area contributed by atoms with E-state index in [4.69, 9.17) is 28.2 Å². The predicted octanol–water partition coefficient (Wildman–Crippen LogP) is 21.0. The highest BCUT2D eigenvalue weighted by Gasteiger charge is 2.22. The van der Waals surface area contributed by atoms with Gasteiger partial charge in [0.15, 0.2) is 17.5 Å². The topological polar surface area (TPSA) is 83.0 Å². The van der Waals surface area contributed by atoms with E-state index in [0.29, 0.717) is 17.5 Å². The van der Waals surface area contributed by atoms with Gasteiger partial charge in [0.1, 0.15) is 33.5 Å². The van der Waals surface area contributed by atoms with Crippen molar-refractivity contribution in [3.63, 3.8) is 0 Å². The van der Waals surface area contributed by atoms with Crippen molar-refractivity contribution in [3.05, 3.63) is 255 Å². The lowest BCUT2D eigenvalue weighted by Crippen LogP contribution is -2.00. The van der Waals surface area contributed by atoms with Crippen molar-refractivity contribution in [3.8, 4) is 73.2 Å². The van der Waals surface area contributed by atoms with Gasteiger partial charge in [0.25, 0.3) is 0 Å². The Hall–Kier alpha value is -10.9. The Morgan fingerprint density at radius 2 is 0.771 bits per heavy atom. The molecule has 7 nitrogen and oxygen atoms in total. The van der Waals surface area contributed by atoms with E-state index in [2.05, 4.69) is 217 Å². The summed E-state index contributed by atoms with van der Waals surface area (Å²) >= 11 is 1.83. The zero-order valence-corrected chi connectivity index (χ0v) is 45.0. The first-order valence-electron chi connectivity index (χ1n) is 27.8. The Morgan fingerprint density at radius 3 is 1.54 bits per heavy atom. The highest BCUT2D eigenvalue weighted by Crippen LogP contribution is 2.45. The number of nitrogens with zero attached hydrogens (tertiary/aromatic N) is 4. The van der Waals surface area contributed by atoms with E-state index in [-0.39, 0.29) is 0 Å². The first kappa shape index (κ1) is 45.9. The molecular formula is C75H42N4O3S. The van der Waals surface area contributed by atoms with Gasteiger partial charge in [-0.15, -0.1) is 11.3 Å². The van der Waals surface area contributed by atoms with Crippen LogP contribution < -0.4 is 0 Å². The highest BCUT2D eigenvalue weighted by molar-refractivity contribution is 7.26.